The van der Waals surface area contributed by atoms with Gasteiger partial charge < -0.3 is 9.64 Å². The Morgan fingerprint density at radius 2 is 1.88 bits per heavy atom. The fourth-order valence-electron chi connectivity index (χ4n) is 4.87. The molecule has 33 heavy (non-hydrogen) atoms. The van der Waals surface area contributed by atoms with Gasteiger partial charge in [-0.1, -0.05) is 12.0 Å². The number of carbonyl (C=O) groups is 2. The average Bonchev–Trinajstić information content (AvgIpc) is 3.09. The van der Waals surface area contributed by atoms with Gasteiger partial charge in [0.25, 0.3) is 0 Å². The lowest BCUT2D eigenvalue weighted by molar-refractivity contribution is -0.116. The molecule has 170 valence electrons. The molecule has 5 heteroatoms. The zero-order valence-electron chi connectivity index (χ0n) is 19.6. The number of rotatable bonds is 4. The first-order valence-electron chi connectivity index (χ1n) is 11.7. The highest BCUT2D eigenvalue weighted by Gasteiger charge is 2.38. The van der Waals surface area contributed by atoms with Crippen LogP contribution in [0.15, 0.2) is 42.3 Å². The zero-order valence-corrected chi connectivity index (χ0v) is 19.6. The Labute approximate surface area is 195 Å². The van der Waals surface area contributed by atoms with Crippen molar-refractivity contribution in [2.24, 2.45) is 5.92 Å². The highest BCUT2D eigenvalue weighted by molar-refractivity contribution is 6.25. The Kier molecular flexibility index (Phi) is 6.93. The molecule has 0 bridgehead atoms. The Morgan fingerprint density at radius 1 is 1.15 bits per heavy atom. The standard InChI is InChI=1S/C28H30N2O3/c1-4-10-21-15-19(2)25(20(3)16-21)26-24(33-28(32)30-13-8-5-9-14-30)18-22(27(26)31)17-23-11-6-7-12-29-23/h6-7,11-12,15-16,22H,5,8-9,13-14,17-18H2,1-3H3. The summed E-state index contributed by atoms with van der Waals surface area (Å²) in [6.07, 6.45) is 5.42. The van der Waals surface area contributed by atoms with Crippen molar-refractivity contribution in [3.8, 4) is 11.8 Å². The van der Waals surface area contributed by atoms with E-state index in [9.17, 15) is 9.59 Å². The van der Waals surface area contributed by atoms with Gasteiger partial charge in [-0.3, -0.25) is 9.78 Å². The van der Waals surface area contributed by atoms with Gasteiger partial charge in [-0.15, -0.1) is 5.92 Å². The summed E-state index contributed by atoms with van der Waals surface area (Å²) in [5.41, 5.74) is 5.08. The molecule has 1 aliphatic heterocycles. The molecule has 1 fully saturated rings. The molecule has 1 amide bonds. The third-order valence-corrected chi connectivity index (χ3v) is 6.39. The van der Waals surface area contributed by atoms with Crippen molar-refractivity contribution < 1.29 is 14.3 Å². The molecule has 1 aliphatic carbocycles. The van der Waals surface area contributed by atoms with E-state index in [0.29, 0.717) is 37.3 Å². The number of allylic oxidation sites excluding steroid dienone is 2. The monoisotopic (exact) mass is 442 g/mol. The van der Waals surface area contributed by atoms with Crippen molar-refractivity contribution in [1.29, 1.82) is 0 Å². The van der Waals surface area contributed by atoms with Crippen LogP contribution in [0, 0.1) is 31.6 Å². The molecule has 5 nitrogen and oxygen atoms in total. The molecule has 1 aromatic heterocycles. The van der Waals surface area contributed by atoms with Gasteiger partial charge in [0.15, 0.2) is 5.78 Å². The van der Waals surface area contributed by atoms with E-state index < -0.39 is 0 Å². The molecular formula is C28H30N2O3. The van der Waals surface area contributed by atoms with Crippen LogP contribution in [-0.2, 0) is 16.0 Å². The second-order valence-electron chi connectivity index (χ2n) is 8.86. The average molecular weight is 443 g/mol. The molecule has 0 radical (unpaired) electrons. The first kappa shape index (κ1) is 22.8. The maximum Gasteiger partial charge on any atom is 0.414 e. The van der Waals surface area contributed by atoms with Crippen LogP contribution < -0.4 is 0 Å². The van der Waals surface area contributed by atoms with Crippen LogP contribution in [0.4, 0.5) is 4.79 Å². The molecule has 1 aromatic carbocycles. The Morgan fingerprint density at radius 3 is 2.52 bits per heavy atom. The van der Waals surface area contributed by atoms with Crippen molar-refractivity contribution in [2.75, 3.05) is 13.1 Å². The van der Waals surface area contributed by atoms with Crippen molar-refractivity contribution in [3.05, 3.63) is 70.2 Å². The van der Waals surface area contributed by atoms with Crippen molar-refractivity contribution in [1.82, 2.24) is 9.88 Å². The van der Waals surface area contributed by atoms with E-state index in [0.717, 1.165) is 47.2 Å². The number of benzene rings is 1. The Hall–Kier alpha value is -3.39. The predicted molar refractivity (Wildman–Crippen MR) is 128 cm³/mol. The lowest BCUT2D eigenvalue weighted by Crippen LogP contribution is -2.35. The van der Waals surface area contributed by atoms with Crippen molar-refractivity contribution in [3.63, 3.8) is 0 Å². The number of likely N-dealkylation sites (tertiary alicyclic amines) is 1. The summed E-state index contributed by atoms with van der Waals surface area (Å²) in [6, 6.07) is 9.71. The van der Waals surface area contributed by atoms with Crippen molar-refractivity contribution >= 4 is 17.4 Å². The minimum atomic E-state index is -0.350. The zero-order chi connectivity index (χ0) is 23.4. The van der Waals surface area contributed by atoms with Crippen LogP contribution >= 0.6 is 0 Å². The summed E-state index contributed by atoms with van der Waals surface area (Å²) >= 11 is 0. The van der Waals surface area contributed by atoms with Crippen LogP contribution in [0.2, 0.25) is 0 Å². The first-order valence-corrected chi connectivity index (χ1v) is 11.7. The smallest absolute Gasteiger partial charge is 0.414 e. The lowest BCUT2D eigenvalue weighted by atomic mass is 9.89. The predicted octanol–water partition coefficient (Wildman–Crippen LogP) is 5.24. The number of aromatic nitrogens is 1. The molecule has 0 spiro atoms. The molecule has 2 aromatic rings. The van der Waals surface area contributed by atoms with E-state index in [1.807, 2.05) is 51.1 Å². The van der Waals surface area contributed by atoms with E-state index in [-0.39, 0.29) is 17.8 Å². The van der Waals surface area contributed by atoms with Gasteiger partial charge in [0.1, 0.15) is 5.76 Å². The van der Waals surface area contributed by atoms with Crippen LogP contribution in [0.3, 0.4) is 0 Å². The summed E-state index contributed by atoms with van der Waals surface area (Å²) < 4.78 is 5.94. The van der Waals surface area contributed by atoms with Gasteiger partial charge in [-0.25, -0.2) is 4.79 Å². The third-order valence-electron chi connectivity index (χ3n) is 6.39. The van der Waals surface area contributed by atoms with Crippen LogP contribution in [0.1, 0.15) is 60.6 Å². The quantitative estimate of drug-likeness (QED) is 0.608. The van der Waals surface area contributed by atoms with Crippen LogP contribution in [-0.4, -0.2) is 34.8 Å². The fourth-order valence-corrected chi connectivity index (χ4v) is 4.87. The molecular weight excluding hydrogens is 412 g/mol. The van der Waals surface area contributed by atoms with E-state index in [1.165, 1.54) is 0 Å². The summed E-state index contributed by atoms with van der Waals surface area (Å²) in [6.45, 7) is 7.19. The van der Waals surface area contributed by atoms with E-state index in [1.54, 1.807) is 11.1 Å². The summed E-state index contributed by atoms with van der Waals surface area (Å²) in [4.78, 5) is 32.8. The second kappa shape index (κ2) is 10.0. The SMILES string of the molecule is CC#Cc1cc(C)c(C2=C(OC(=O)N3CCCCC3)CC(Cc3ccccn3)C2=O)c(C)c1. The number of carbonyl (C=O) groups excluding carboxylic acids is 2. The highest BCUT2D eigenvalue weighted by Crippen LogP contribution is 2.40. The third kappa shape index (κ3) is 5.01. The van der Waals surface area contributed by atoms with Gasteiger partial charge in [-0.2, -0.15) is 0 Å². The number of hydrogen-bond donors (Lipinski definition) is 0. The minimum Gasteiger partial charge on any atom is -0.414 e. The largest absolute Gasteiger partial charge is 0.414 e. The van der Waals surface area contributed by atoms with Gasteiger partial charge in [0.2, 0.25) is 0 Å². The van der Waals surface area contributed by atoms with Crippen LogP contribution in [0.5, 0.6) is 0 Å². The number of ether oxygens (including phenoxy) is 1. The molecule has 0 N–H and O–H groups in total. The second-order valence-corrected chi connectivity index (χ2v) is 8.86. The molecule has 1 saturated heterocycles. The van der Waals surface area contributed by atoms with Gasteiger partial charge in [-0.05, 0) is 81.0 Å². The number of piperidine rings is 1. The Bertz CT molecular complexity index is 1130. The topological polar surface area (TPSA) is 59.5 Å². The van der Waals surface area contributed by atoms with Crippen LogP contribution in [0.25, 0.3) is 5.57 Å². The summed E-state index contributed by atoms with van der Waals surface area (Å²) in [5.74, 6) is 6.23. The summed E-state index contributed by atoms with van der Waals surface area (Å²) in [7, 11) is 0. The number of pyridine rings is 1. The molecule has 1 atom stereocenters. The highest BCUT2D eigenvalue weighted by atomic mass is 16.6. The number of nitrogens with zero attached hydrogens (tertiary/aromatic N) is 2. The molecule has 2 heterocycles. The number of ketones is 1. The number of amides is 1. The lowest BCUT2D eigenvalue weighted by Gasteiger charge is -2.26. The van der Waals surface area contributed by atoms with E-state index >= 15 is 0 Å². The molecule has 2 aliphatic rings. The fraction of sp³-hybridized carbons (Fsp3) is 0.393. The van der Waals surface area contributed by atoms with Crippen molar-refractivity contribution in [2.45, 2.75) is 52.9 Å². The van der Waals surface area contributed by atoms with Gasteiger partial charge in [0.05, 0.1) is 5.57 Å². The minimum absolute atomic E-state index is 0.0163. The number of Topliss-reactive ketones (excluding diaryl/α,β-unsaturated/α-hetero) is 1. The molecule has 4 rings (SSSR count). The van der Waals surface area contributed by atoms with E-state index in [4.69, 9.17) is 4.74 Å². The van der Waals surface area contributed by atoms with Gasteiger partial charge in [0, 0.05) is 49.3 Å². The number of aryl methyl sites for hydroxylation is 2. The molecule has 1 unspecified atom stereocenters. The van der Waals surface area contributed by atoms with Gasteiger partial charge >= 0.3 is 6.09 Å². The molecule has 0 saturated carbocycles. The maximum absolute atomic E-state index is 13.7. The maximum atomic E-state index is 13.7. The summed E-state index contributed by atoms with van der Waals surface area (Å²) in [5, 5.41) is 0. The number of hydrogen-bond acceptors (Lipinski definition) is 4. The normalized spacial score (nSPS) is 18.2. The Balaban J connectivity index is 1.70. The van der Waals surface area contributed by atoms with E-state index in [2.05, 4.69) is 16.8 Å². The first-order chi connectivity index (χ1) is 16.0.